The minimum Gasteiger partial charge on any atom is -0.399 e. The van der Waals surface area contributed by atoms with Crippen molar-refractivity contribution in [1.82, 2.24) is 9.55 Å². The van der Waals surface area contributed by atoms with Crippen LogP contribution in [0, 0.1) is 0 Å². The first-order chi connectivity index (χ1) is 9.71. The topological polar surface area (TPSA) is 78.0 Å². The SMILES string of the molecule is CC(C)(C)S(=O)(=O)CCn1ccnc1-c1ccc(N)cc1. The Hall–Kier alpha value is -1.82. The molecule has 0 aliphatic heterocycles. The van der Waals surface area contributed by atoms with Crippen LogP contribution in [0.15, 0.2) is 36.7 Å². The molecule has 2 N–H and O–H groups in total. The number of nitrogens with two attached hydrogens (primary N) is 1. The third-order valence-electron chi connectivity index (χ3n) is 3.42. The molecule has 0 radical (unpaired) electrons. The second kappa shape index (κ2) is 5.52. The average Bonchev–Trinajstić information content (AvgIpc) is 2.84. The number of rotatable bonds is 4. The Balaban J connectivity index is 2.21. The monoisotopic (exact) mass is 307 g/mol. The molecule has 0 amide bonds. The lowest BCUT2D eigenvalue weighted by Gasteiger charge is -2.19. The molecule has 2 aromatic rings. The van der Waals surface area contributed by atoms with Gasteiger partial charge in [-0.2, -0.15) is 0 Å². The van der Waals surface area contributed by atoms with Crippen LogP contribution in [-0.4, -0.2) is 28.5 Å². The Kier molecular flexibility index (Phi) is 4.09. The average molecular weight is 307 g/mol. The number of nitrogen functional groups attached to an aromatic ring is 1. The maximum atomic E-state index is 12.2. The molecule has 21 heavy (non-hydrogen) atoms. The highest BCUT2D eigenvalue weighted by Crippen LogP contribution is 2.20. The normalized spacial score (nSPS) is 12.5. The largest absolute Gasteiger partial charge is 0.399 e. The third-order valence-corrected chi connectivity index (χ3v) is 6.00. The van der Waals surface area contributed by atoms with Crippen molar-refractivity contribution in [1.29, 1.82) is 0 Å². The predicted molar refractivity (Wildman–Crippen MR) is 85.6 cm³/mol. The molecule has 1 aromatic heterocycles. The van der Waals surface area contributed by atoms with Gasteiger partial charge in [-0.3, -0.25) is 0 Å². The van der Waals surface area contributed by atoms with Gasteiger partial charge in [-0.05, 0) is 45.0 Å². The maximum Gasteiger partial charge on any atom is 0.156 e. The molecular formula is C15H21N3O2S. The molecule has 0 unspecified atom stereocenters. The van der Waals surface area contributed by atoms with Gasteiger partial charge in [-0.15, -0.1) is 0 Å². The second-order valence-electron chi connectivity index (χ2n) is 6.00. The van der Waals surface area contributed by atoms with Crippen molar-refractivity contribution in [2.75, 3.05) is 11.5 Å². The minimum absolute atomic E-state index is 0.0921. The molecule has 1 heterocycles. The van der Waals surface area contributed by atoms with E-state index in [2.05, 4.69) is 4.98 Å². The molecular weight excluding hydrogens is 286 g/mol. The van der Waals surface area contributed by atoms with Crippen LogP contribution in [0.3, 0.4) is 0 Å². The number of nitrogens with zero attached hydrogens (tertiary/aromatic N) is 2. The first kappa shape index (κ1) is 15.6. The zero-order chi connectivity index (χ0) is 15.7. The number of aryl methyl sites for hydroxylation is 1. The van der Waals surface area contributed by atoms with E-state index in [-0.39, 0.29) is 5.75 Å². The summed E-state index contributed by atoms with van der Waals surface area (Å²) < 4.78 is 25.5. The fourth-order valence-electron chi connectivity index (χ4n) is 1.91. The van der Waals surface area contributed by atoms with Crippen molar-refractivity contribution in [3.63, 3.8) is 0 Å². The number of sulfone groups is 1. The Morgan fingerprint density at radius 3 is 2.38 bits per heavy atom. The van der Waals surface area contributed by atoms with E-state index < -0.39 is 14.6 Å². The van der Waals surface area contributed by atoms with Crippen molar-refractivity contribution in [3.05, 3.63) is 36.7 Å². The van der Waals surface area contributed by atoms with Gasteiger partial charge >= 0.3 is 0 Å². The van der Waals surface area contributed by atoms with E-state index in [1.54, 1.807) is 45.3 Å². The standard InChI is InChI=1S/C15H21N3O2S/c1-15(2,3)21(19,20)11-10-18-9-8-17-14(18)12-4-6-13(16)7-5-12/h4-9H,10-11,16H2,1-3H3. The van der Waals surface area contributed by atoms with Gasteiger partial charge in [0.2, 0.25) is 0 Å². The Bertz CT molecular complexity index is 710. The van der Waals surface area contributed by atoms with E-state index in [4.69, 9.17) is 5.73 Å². The summed E-state index contributed by atoms with van der Waals surface area (Å²) in [5, 5.41) is 0. The fourth-order valence-corrected chi connectivity index (χ4v) is 2.96. The summed E-state index contributed by atoms with van der Waals surface area (Å²) in [6.45, 7) is 5.55. The minimum atomic E-state index is -3.15. The number of anilines is 1. The van der Waals surface area contributed by atoms with E-state index in [9.17, 15) is 8.42 Å². The van der Waals surface area contributed by atoms with Crippen molar-refractivity contribution in [2.45, 2.75) is 32.1 Å². The predicted octanol–water partition coefficient (Wildman–Crippen LogP) is 2.35. The molecule has 0 atom stereocenters. The van der Waals surface area contributed by atoms with Gasteiger partial charge in [-0.25, -0.2) is 13.4 Å². The molecule has 0 fully saturated rings. The van der Waals surface area contributed by atoms with Crippen LogP contribution in [-0.2, 0) is 16.4 Å². The number of benzene rings is 1. The fraction of sp³-hybridized carbons (Fsp3) is 0.400. The molecule has 0 saturated carbocycles. The summed E-state index contributed by atoms with van der Waals surface area (Å²) in [5.74, 6) is 0.841. The molecule has 0 spiro atoms. The van der Waals surface area contributed by atoms with Crippen molar-refractivity contribution < 1.29 is 8.42 Å². The summed E-state index contributed by atoms with van der Waals surface area (Å²) in [4.78, 5) is 4.31. The van der Waals surface area contributed by atoms with Gasteiger partial charge in [-0.1, -0.05) is 0 Å². The number of aromatic nitrogens is 2. The van der Waals surface area contributed by atoms with E-state index in [1.807, 2.05) is 16.7 Å². The van der Waals surface area contributed by atoms with Crippen LogP contribution in [0.1, 0.15) is 20.8 Å². The summed E-state index contributed by atoms with van der Waals surface area (Å²) in [5.41, 5.74) is 7.28. The van der Waals surface area contributed by atoms with Gasteiger partial charge < -0.3 is 10.3 Å². The summed E-state index contributed by atoms with van der Waals surface area (Å²) in [7, 11) is -3.15. The molecule has 2 rings (SSSR count). The number of hydrogen-bond acceptors (Lipinski definition) is 4. The van der Waals surface area contributed by atoms with E-state index >= 15 is 0 Å². The molecule has 0 aliphatic rings. The zero-order valence-corrected chi connectivity index (χ0v) is 13.4. The Morgan fingerprint density at radius 1 is 1.19 bits per heavy atom. The lowest BCUT2D eigenvalue weighted by Crippen LogP contribution is -2.32. The Labute approximate surface area is 125 Å². The van der Waals surface area contributed by atoms with Gasteiger partial charge in [0.25, 0.3) is 0 Å². The summed E-state index contributed by atoms with van der Waals surface area (Å²) >= 11 is 0. The molecule has 6 heteroatoms. The highest BCUT2D eigenvalue weighted by atomic mass is 32.2. The van der Waals surface area contributed by atoms with E-state index in [0.717, 1.165) is 11.4 Å². The van der Waals surface area contributed by atoms with Gasteiger partial charge in [0, 0.05) is 30.2 Å². The van der Waals surface area contributed by atoms with E-state index in [1.165, 1.54) is 0 Å². The molecule has 5 nitrogen and oxygen atoms in total. The maximum absolute atomic E-state index is 12.2. The van der Waals surface area contributed by atoms with Crippen LogP contribution in [0.4, 0.5) is 5.69 Å². The molecule has 0 bridgehead atoms. The summed E-state index contributed by atoms with van der Waals surface area (Å²) in [6, 6.07) is 7.37. The summed E-state index contributed by atoms with van der Waals surface area (Å²) in [6.07, 6.45) is 3.47. The van der Waals surface area contributed by atoms with Crippen LogP contribution in [0.5, 0.6) is 0 Å². The van der Waals surface area contributed by atoms with Crippen molar-refractivity contribution in [2.24, 2.45) is 0 Å². The van der Waals surface area contributed by atoms with Crippen LogP contribution in [0.25, 0.3) is 11.4 Å². The molecule has 0 aliphatic carbocycles. The van der Waals surface area contributed by atoms with Crippen LogP contribution >= 0.6 is 0 Å². The van der Waals surface area contributed by atoms with Crippen molar-refractivity contribution >= 4 is 15.5 Å². The molecule has 114 valence electrons. The lowest BCUT2D eigenvalue weighted by atomic mass is 10.2. The first-order valence-corrected chi connectivity index (χ1v) is 8.45. The number of hydrogen-bond donors (Lipinski definition) is 1. The quantitative estimate of drug-likeness (QED) is 0.879. The van der Waals surface area contributed by atoms with Gasteiger partial charge in [0.1, 0.15) is 5.82 Å². The highest BCUT2D eigenvalue weighted by Gasteiger charge is 2.28. The zero-order valence-electron chi connectivity index (χ0n) is 12.6. The van der Waals surface area contributed by atoms with Gasteiger partial charge in [0.15, 0.2) is 9.84 Å². The van der Waals surface area contributed by atoms with Crippen LogP contribution in [0.2, 0.25) is 0 Å². The van der Waals surface area contributed by atoms with Gasteiger partial charge in [0.05, 0.1) is 10.5 Å². The number of imidazole rings is 1. The first-order valence-electron chi connectivity index (χ1n) is 6.80. The third kappa shape index (κ3) is 3.44. The molecule has 0 saturated heterocycles. The Morgan fingerprint density at radius 2 is 1.81 bits per heavy atom. The van der Waals surface area contributed by atoms with Crippen molar-refractivity contribution in [3.8, 4) is 11.4 Å². The lowest BCUT2D eigenvalue weighted by molar-refractivity contribution is 0.554. The van der Waals surface area contributed by atoms with Crippen LogP contribution < -0.4 is 5.73 Å². The highest BCUT2D eigenvalue weighted by molar-refractivity contribution is 7.92. The van der Waals surface area contributed by atoms with E-state index in [0.29, 0.717) is 12.2 Å². The molecule has 1 aromatic carbocycles. The smallest absolute Gasteiger partial charge is 0.156 e. The second-order valence-corrected chi connectivity index (χ2v) is 8.86.